The molecule has 126 valence electrons. The van der Waals surface area contributed by atoms with Crippen LogP contribution in [-0.2, 0) is 4.79 Å². The van der Waals surface area contributed by atoms with Crippen LogP contribution in [0.1, 0.15) is 44.9 Å². The van der Waals surface area contributed by atoms with Gasteiger partial charge in [0.1, 0.15) is 6.29 Å². The molecule has 0 bridgehead atoms. The third kappa shape index (κ3) is 3.48. The number of aromatic nitrogens is 1. The highest BCUT2D eigenvalue weighted by Gasteiger charge is 2.38. The first-order chi connectivity index (χ1) is 11.2. The Bertz CT molecular complexity index is 546. The predicted molar refractivity (Wildman–Crippen MR) is 87.3 cm³/mol. The normalized spacial score (nSPS) is 21.4. The Morgan fingerprint density at radius 3 is 2.65 bits per heavy atom. The third-order valence-electron chi connectivity index (χ3n) is 5.78. The first-order valence-electron chi connectivity index (χ1n) is 8.54. The Kier molecular flexibility index (Phi) is 4.83. The Hall–Kier alpha value is -1.65. The van der Waals surface area contributed by atoms with E-state index in [0.717, 1.165) is 45.1 Å². The zero-order valence-corrected chi connectivity index (χ0v) is 13.8. The number of piperidine rings is 1. The summed E-state index contributed by atoms with van der Waals surface area (Å²) in [4.78, 5) is 16.7. The Balaban J connectivity index is 1.62. The van der Waals surface area contributed by atoms with Crippen LogP contribution in [0.15, 0.2) is 12.3 Å². The van der Waals surface area contributed by atoms with Crippen molar-refractivity contribution in [1.29, 1.82) is 0 Å². The third-order valence-corrected chi connectivity index (χ3v) is 5.78. The number of carbonyl (C=O) groups is 1. The van der Waals surface area contributed by atoms with E-state index in [0.29, 0.717) is 29.3 Å². The Labute approximate surface area is 137 Å². The highest BCUT2D eigenvalue weighted by Crippen LogP contribution is 2.47. The van der Waals surface area contributed by atoms with Gasteiger partial charge in [-0.2, -0.15) is 0 Å². The fourth-order valence-electron chi connectivity index (χ4n) is 4.15. The van der Waals surface area contributed by atoms with Crippen LogP contribution in [0.2, 0.25) is 0 Å². The van der Waals surface area contributed by atoms with Crippen molar-refractivity contribution in [3.05, 3.63) is 18.1 Å². The molecule has 0 radical (unpaired) electrons. The molecule has 1 aromatic heterocycles. The lowest BCUT2D eigenvalue weighted by Crippen LogP contribution is -2.42. The molecule has 23 heavy (non-hydrogen) atoms. The number of methoxy groups -OCH3 is 1. The summed E-state index contributed by atoms with van der Waals surface area (Å²) in [5.74, 6) is 0.755. The molecule has 1 saturated carbocycles. The number of hydrogen-bond acceptors (Lipinski definition) is 4. The van der Waals surface area contributed by atoms with E-state index in [4.69, 9.17) is 4.74 Å². The van der Waals surface area contributed by atoms with Crippen LogP contribution in [-0.4, -0.2) is 31.5 Å². The predicted octanol–water partition coefficient (Wildman–Crippen LogP) is 3.60. The average molecular weight is 320 g/mol. The molecular weight excluding hydrogens is 295 g/mol. The molecule has 0 amide bonds. The van der Waals surface area contributed by atoms with Crippen molar-refractivity contribution < 1.29 is 13.9 Å². The average Bonchev–Trinajstić information content (AvgIpc) is 2.59. The zero-order chi connectivity index (χ0) is 16.3. The van der Waals surface area contributed by atoms with Crippen LogP contribution in [0.25, 0.3) is 0 Å². The van der Waals surface area contributed by atoms with E-state index >= 15 is 0 Å². The Morgan fingerprint density at radius 1 is 1.35 bits per heavy atom. The molecule has 0 unspecified atom stereocenters. The van der Waals surface area contributed by atoms with Crippen molar-refractivity contribution in [3.63, 3.8) is 0 Å². The summed E-state index contributed by atoms with van der Waals surface area (Å²) in [6.07, 6.45) is 9.96. The van der Waals surface area contributed by atoms with E-state index in [1.807, 2.05) is 0 Å². The van der Waals surface area contributed by atoms with Crippen molar-refractivity contribution in [1.82, 2.24) is 4.98 Å². The molecule has 0 atom stereocenters. The highest BCUT2D eigenvalue weighted by molar-refractivity contribution is 5.50. The molecule has 0 aromatic carbocycles. The molecule has 0 N–H and O–H groups in total. The van der Waals surface area contributed by atoms with E-state index in [9.17, 15) is 9.18 Å². The minimum absolute atomic E-state index is 0.281. The molecule has 1 aliphatic carbocycles. The van der Waals surface area contributed by atoms with E-state index in [-0.39, 0.29) is 5.82 Å². The van der Waals surface area contributed by atoms with Gasteiger partial charge in [-0.3, -0.25) is 0 Å². The molecule has 2 fully saturated rings. The van der Waals surface area contributed by atoms with Gasteiger partial charge in [-0.25, -0.2) is 9.37 Å². The molecule has 1 aromatic rings. The number of hydrogen-bond donors (Lipinski definition) is 0. The number of ether oxygens (including phenoxy) is 1. The summed E-state index contributed by atoms with van der Waals surface area (Å²) < 4.78 is 19.2. The maximum absolute atomic E-state index is 14.1. The number of carbonyl (C=O) groups excluding carboxylic acids is 1. The van der Waals surface area contributed by atoms with Crippen LogP contribution in [0.3, 0.4) is 0 Å². The molecule has 1 spiro atoms. The summed E-state index contributed by atoms with van der Waals surface area (Å²) in [5, 5.41) is 0. The van der Waals surface area contributed by atoms with Gasteiger partial charge in [-0.1, -0.05) is 0 Å². The first kappa shape index (κ1) is 16.2. The molecular formula is C18H25FN2O2. The second-order valence-electron chi connectivity index (χ2n) is 7.01. The van der Waals surface area contributed by atoms with Gasteiger partial charge in [0.05, 0.1) is 19.0 Å². The monoisotopic (exact) mass is 320 g/mol. The van der Waals surface area contributed by atoms with Gasteiger partial charge in [0.25, 0.3) is 0 Å². The van der Waals surface area contributed by atoms with Crippen molar-refractivity contribution in [2.45, 2.75) is 44.9 Å². The molecule has 4 nitrogen and oxygen atoms in total. The van der Waals surface area contributed by atoms with Crippen LogP contribution >= 0.6 is 0 Å². The number of anilines is 1. The van der Waals surface area contributed by atoms with Gasteiger partial charge < -0.3 is 14.4 Å². The lowest BCUT2D eigenvalue weighted by atomic mass is 9.65. The second-order valence-corrected chi connectivity index (χ2v) is 7.01. The molecule has 2 heterocycles. The standard InChI is InChI=1S/C18H25FN2O2/c1-23-17-12-16(15(19)13-20-17)21-9-7-18(8-10-21)5-2-14(3-6-18)4-11-22/h11-14H,2-10H2,1H3. The van der Waals surface area contributed by atoms with Crippen LogP contribution in [0.5, 0.6) is 5.88 Å². The van der Waals surface area contributed by atoms with Crippen molar-refractivity contribution in [2.75, 3.05) is 25.1 Å². The minimum atomic E-state index is -0.281. The second kappa shape index (κ2) is 6.85. The lowest BCUT2D eigenvalue weighted by Gasteiger charge is -2.46. The van der Waals surface area contributed by atoms with Crippen molar-refractivity contribution in [3.8, 4) is 5.88 Å². The van der Waals surface area contributed by atoms with Gasteiger partial charge in [-0.15, -0.1) is 0 Å². The van der Waals surface area contributed by atoms with Gasteiger partial charge in [-0.05, 0) is 49.9 Å². The molecule has 1 saturated heterocycles. The molecule has 1 aliphatic heterocycles. The van der Waals surface area contributed by atoms with Gasteiger partial charge in [0, 0.05) is 25.6 Å². The van der Waals surface area contributed by atoms with E-state index in [1.54, 1.807) is 13.2 Å². The highest BCUT2D eigenvalue weighted by atomic mass is 19.1. The van der Waals surface area contributed by atoms with E-state index < -0.39 is 0 Å². The smallest absolute Gasteiger partial charge is 0.215 e. The van der Waals surface area contributed by atoms with E-state index in [2.05, 4.69) is 9.88 Å². The summed E-state index contributed by atoms with van der Waals surface area (Å²) in [5.41, 5.74) is 1.00. The van der Waals surface area contributed by atoms with Crippen LogP contribution in [0.4, 0.5) is 10.1 Å². The van der Waals surface area contributed by atoms with Crippen molar-refractivity contribution in [2.24, 2.45) is 11.3 Å². The number of pyridine rings is 1. The first-order valence-corrected chi connectivity index (χ1v) is 8.54. The fraction of sp³-hybridized carbons (Fsp3) is 0.667. The molecule has 5 heteroatoms. The van der Waals surface area contributed by atoms with Crippen LogP contribution in [0, 0.1) is 17.2 Å². The molecule has 3 rings (SSSR count). The Morgan fingerprint density at radius 2 is 2.04 bits per heavy atom. The summed E-state index contributed by atoms with van der Waals surface area (Å²) in [6.45, 7) is 1.75. The topological polar surface area (TPSA) is 42.4 Å². The SMILES string of the molecule is COc1cc(N2CCC3(CCC(CC=O)CC3)CC2)c(F)cn1. The van der Waals surface area contributed by atoms with Gasteiger partial charge >= 0.3 is 0 Å². The summed E-state index contributed by atoms with van der Waals surface area (Å²) in [6, 6.07) is 1.69. The summed E-state index contributed by atoms with van der Waals surface area (Å²) in [7, 11) is 1.55. The zero-order valence-electron chi connectivity index (χ0n) is 13.8. The number of halogens is 1. The number of nitrogens with zero attached hydrogens (tertiary/aromatic N) is 2. The summed E-state index contributed by atoms with van der Waals surface area (Å²) >= 11 is 0. The van der Waals surface area contributed by atoms with Crippen molar-refractivity contribution >= 4 is 12.0 Å². The largest absolute Gasteiger partial charge is 0.481 e. The van der Waals surface area contributed by atoms with E-state index in [1.165, 1.54) is 19.0 Å². The fourth-order valence-corrected chi connectivity index (χ4v) is 4.15. The number of rotatable bonds is 4. The lowest BCUT2D eigenvalue weighted by molar-refractivity contribution is -0.109. The van der Waals surface area contributed by atoms with Gasteiger partial charge in [0.2, 0.25) is 5.88 Å². The van der Waals surface area contributed by atoms with Gasteiger partial charge in [0.15, 0.2) is 5.82 Å². The maximum atomic E-state index is 14.1. The maximum Gasteiger partial charge on any atom is 0.215 e. The minimum Gasteiger partial charge on any atom is -0.481 e. The quantitative estimate of drug-likeness (QED) is 0.795. The number of aldehydes is 1. The molecule has 2 aliphatic rings. The van der Waals surface area contributed by atoms with Crippen LogP contribution < -0.4 is 9.64 Å².